The Hall–Kier alpha value is -2.21. The number of hydrogen-bond acceptors (Lipinski definition) is 3. The van der Waals surface area contributed by atoms with Crippen molar-refractivity contribution in [2.45, 2.75) is 25.7 Å². The molecule has 0 bridgehead atoms. The van der Waals surface area contributed by atoms with Crippen LogP contribution in [-0.2, 0) is 12.7 Å². The average molecular weight is 323 g/mol. The van der Waals surface area contributed by atoms with Crippen molar-refractivity contribution in [2.75, 3.05) is 6.79 Å². The zero-order valence-corrected chi connectivity index (χ0v) is 12.5. The highest BCUT2D eigenvalue weighted by molar-refractivity contribution is 5.45. The van der Waals surface area contributed by atoms with E-state index in [-0.39, 0.29) is 12.8 Å². The Bertz CT molecular complexity index is 700. The van der Waals surface area contributed by atoms with E-state index in [0.717, 1.165) is 11.6 Å². The molecule has 122 valence electrons. The second kappa shape index (κ2) is 6.12. The molecule has 23 heavy (non-hydrogen) atoms. The number of benzene rings is 2. The van der Waals surface area contributed by atoms with Gasteiger partial charge < -0.3 is 14.8 Å². The van der Waals surface area contributed by atoms with Gasteiger partial charge in [0.05, 0.1) is 5.56 Å². The van der Waals surface area contributed by atoms with Crippen LogP contribution >= 0.6 is 0 Å². The Labute approximate surface area is 132 Å². The molecule has 6 heteroatoms. The lowest BCUT2D eigenvalue weighted by molar-refractivity contribution is -0.137. The van der Waals surface area contributed by atoms with Crippen molar-refractivity contribution in [2.24, 2.45) is 0 Å². The maximum absolute atomic E-state index is 12.7. The molecule has 0 aromatic heterocycles. The van der Waals surface area contributed by atoms with E-state index in [0.29, 0.717) is 23.6 Å². The van der Waals surface area contributed by atoms with Crippen LogP contribution in [0.4, 0.5) is 13.2 Å². The van der Waals surface area contributed by atoms with E-state index < -0.39 is 11.7 Å². The Morgan fingerprint density at radius 1 is 1.09 bits per heavy atom. The first-order chi connectivity index (χ1) is 10.9. The summed E-state index contributed by atoms with van der Waals surface area (Å²) in [5.74, 6) is 1.40. The number of fused-ring (bicyclic) bond motifs is 1. The van der Waals surface area contributed by atoms with Gasteiger partial charge in [-0.05, 0) is 36.2 Å². The maximum Gasteiger partial charge on any atom is 0.416 e. The Kier molecular flexibility index (Phi) is 4.17. The van der Waals surface area contributed by atoms with E-state index >= 15 is 0 Å². The average Bonchev–Trinajstić information content (AvgIpc) is 2.99. The molecular formula is C17H16F3NO2. The molecule has 1 aliphatic rings. The SMILES string of the molecule is CC(NCc1cccc(C(F)(F)F)c1)c1ccc2c(c1)OCO2. The normalized spacial score (nSPS) is 14.8. The van der Waals surface area contributed by atoms with Gasteiger partial charge in [-0.3, -0.25) is 0 Å². The Balaban J connectivity index is 1.66. The summed E-state index contributed by atoms with van der Waals surface area (Å²) in [4.78, 5) is 0. The van der Waals surface area contributed by atoms with Crippen molar-refractivity contribution in [3.8, 4) is 11.5 Å². The van der Waals surface area contributed by atoms with E-state index in [2.05, 4.69) is 5.32 Å². The number of rotatable bonds is 4. The van der Waals surface area contributed by atoms with Crippen molar-refractivity contribution in [3.05, 3.63) is 59.2 Å². The van der Waals surface area contributed by atoms with Crippen LogP contribution in [0.1, 0.15) is 29.7 Å². The topological polar surface area (TPSA) is 30.5 Å². The lowest BCUT2D eigenvalue weighted by atomic mass is 10.1. The highest BCUT2D eigenvalue weighted by atomic mass is 19.4. The minimum Gasteiger partial charge on any atom is -0.454 e. The Morgan fingerprint density at radius 2 is 1.87 bits per heavy atom. The van der Waals surface area contributed by atoms with Crippen molar-refractivity contribution in [1.82, 2.24) is 5.32 Å². The first-order valence-corrected chi connectivity index (χ1v) is 7.22. The lowest BCUT2D eigenvalue weighted by Gasteiger charge is -2.15. The molecular weight excluding hydrogens is 307 g/mol. The fraction of sp³-hybridized carbons (Fsp3) is 0.294. The van der Waals surface area contributed by atoms with Crippen LogP contribution in [0.2, 0.25) is 0 Å². The minimum atomic E-state index is -4.32. The number of ether oxygens (including phenoxy) is 2. The van der Waals surface area contributed by atoms with Crippen molar-refractivity contribution < 1.29 is 22.6 Å². The van der Waals surface area contributed by atoms with Gasteiger partial charge in [0.15, 0.2) is 11.5 Å². The monoisotopic (exact) mass is 323 g/mol. The predicted octanol–water partition coefficient (Wildman–Crippen LogP) is 4.28. The van der Waals surface area contributed by atoms with Crippen LogP contribution < -0.4 is 14.8 Å². The van der Waals surface area contributed by atoms with Gasteiger partial charge in [-0.15, -0.1) is 0 Å². The lowest BCUT2D eigenvalue weighted by Crippen LogP contribution is -2.18. The summed E-state index contributed by atoms with van der Waals surface area (Å²) in [7, 11) is 0. The van der Waals surface area contributed by atoms with Gasteiger partial charge in [-0.1, -0.05) is 24.3 Å². The van der Waals surface area contributed by atoms with Gasteiger partial charge in [0.2, 0.25) is 6.79 Å². The smallest absolute Gasteiger partial charge is 0.416 e. The minimum absolute atomic E-state index is 0.0287. The fourth-order valence-corrected chi connectivity index (χ4v) is 2.43. The van der Waals surface area contributed by atoms with E-state index in [1.807, 2.05) is 25.1 Å². The van der Waals surface area contributed by atoms with Crippen LogP contribution in [0.15, 0.2) is 42.5 Å². The first-order valence-electron chi connectivity index (χ1n) is 7.22. The molecule has 1 unspecified atom stereocenters. The summed E-state index contributed by atoms with van der Waals surface area (Å²) >= 11 is 0. The molecule has 0 aliphatic carbocycles. The standard InChI is InChI=1S/C17H16F3NO2/c1-11(13-5-6-15-16(8-13)23-10-22-15)21-9-12-3-2-4-14(7-12)17(18,19)20/h2-8,11,21H,9-10H2,1H3. The first kappa shape index (κ1) is 15.7. The van der Waals surface area contributed by atoms with Gasteiger partial charge in [-0.2, -0.15) is 13.2 Å². The zero-order chi connectivity index (χ0) is 16.4. The number of alkyl halides is 3. The van der Waals surface area contributed by atoms with E-state index in [1.54, 1.807) is 6.07 Å². The van der Waals surface area contributed by atoms with Crippen LogP contribution in [0.5, 0.6) is 11.5 Å². The van der Waals surface area contributed by atoms with Gasteiger partial charge >= 0.3 is 6.18 Å². The highest BCUT2D eigenvalue weighted by Gasteiger charge is 2.30. The second-order valence-electron chi connectivity index (χ2n) is 5.41. The molecule has 2 aromatic carbocycles. The third-order valence-corrected chi connectivity index (χ3v) is 3.76. The quantitative estimate of drug-likeness (QED) is 0.911. The molecule has 0 radical (unpaired) electrons. The second-order valence-corrected chi connectivity index (χ2v) is 5.41. The fourth-order valence-electron chi connectivity index (χ4n) is 2.43. The molecule has 1 N–H and O–H groups in total. The molecule has 1 heterocycles. The molecule has 3 rings (SSSR count). The summed E-state index contributed by atoms with van der Waals surface area (Å²) in [5.41, 5.74) is 0.946. The van der Waals surface area contributed by atoms with E-state index in [1.165, 1.54) is 12.1 Å². The molecule has 0 amide bonds. The molecule has 2 aromatic rings. The molecule has 1 atom stereocenters. The predicted molar refractivity (Wildman–Crippen MR) is 79.3 cm³/mol. The number of nitrogens with one attached hydrogen (secondary N) is 1. The van der Waals surface area contributed by atoms with Crippen molar-refractivity contribution >= 4 is 0 Å². The summed E-state index contributed by atoms with van der Waals surface area (Å²) in [6, 6.07) is 10.9. The van der Waals surface area contributed by atoms with Crippen LogP contribution in [0.25, 0.3) is 0 Å². The maximum atomic E-state index is 12.7. The van der Waals surface area contributed by atoms with Gasteiger partial charge in [0, 0.05) is 12.6 Å². The summed E-state index contributed by atoms with van der Waals surface area (Å²) < 4.78 is 48.7. The third kappa shape index (κ3) is 3.59. The highest BCUT2D eigenvalue weighted by Crippen LogP contribution is 2.34. The van der Waals surface area contributed by atoms with Crippen LogP contribution in [-0.4, -0.2) is 6.79 Å². The van der Waals surface area contributed by atoms with Crippen molar-refractivity contribution in [3.63, 3.8) is 0 Å². The van der Waals surface area contributed by atoms with Gasteiger partial charge in [0.25, 0.3) is 0 Å². The molecule has 1 aliphatic heterocycles. The molecule has 0 fully saturated rings. The largest absolute Gasteiger partial charge is 0.454 e. The molecule has 3 nitrogen and oxygen atoms in total. The molecule has 0 saturated carbocycles. The van der Waals surface area contributed by atoms with Gasteiger partial charge in [0.1, 0.15) is 0 Å². The zero-order valence-electron chi connectivity index (χ0n) is 12.5. The number of halogens is 3. The molecule has 0 saturated heterocycles. The van der Waals surface area contributed by atoms with Crippen molar-refractivity contribution in [1.29, 1.82) is 0 Å². The van der Waals surface area contributed by atoms with Crippen LogP contribution in [0, 0.1) is 0 Å². The van der Waals surface area contributed by atoms with E-state index in [4.69, 9.17) is 9.47 Å². The van der Waals surface area contributed by atoms with Gasteiger partial charge in [-0.25, -0.2) is 0 Å². The third-order valence-electron chi connectivity index (χ3n) is 3.76. The summed E-state index contributed by atoms with van der Waals surface area (Å²) in [6.45, 7) is 2.51. The van der Waals surface area contributed by atoms with E-state index in [9.17, 15) is 13.2 Å². The Morgan fingerprint density at radius 3 is 2.65 bits per heavy atom. The summed E-state index contributed by atoms with van der Waals surface area (Å²) in [6.07, 6.45) is -4.32. The van der Waals surface area contributed by atoms with Crippen LogP contribution in [0.3, 0.4) is 0 Å². The number of hydrogen-bond donors (Lipinski definition) is 1. The molecule has 0 spiro atoms. The summed E-state index contributed by atoms with van der Waals surface area (Å²) in [5, 5.41) is 3.22.